The Balaban J connectivity index is 1.91. The predicted octanol–water partition coefficient (Wildman–Crippen LogP) is 5.38. The summed E-state index contributed by atoms with van der Waals surface area (Å²) in [5.41, 5.74) is -0.902. The van der Waals surface area contributed by atoms with Crippen molar-refractivity contribution < 1.29 is 41.3 Å². The molecule has 0 unspecified atom stereocenters. The van der Waals surface area contributed by atoms with Crippen molar-refractivity contribution in [3.63, 3.8) is 0 Å². The van der Waals surface area contributed by atoms with E-state index < -0.39 is 41.7 Å². The fraction of sp³-hybridized carbons (Fsp3) is 0.227. The van der Waals surface area contributed by atoms with Gasteiger partial charge in [-0.25, -0.2) is 8.78 Å². The number of alkyl halides is 3. The van der Waals surface area contributed by atoms with E-state index in [1.807, 2.05) is 0 Å². The van der Waals surface area contributed by atoms with Crippen LogP contribution in [0.5, 0.6) is 11.5 Å². The number of ether oxygens (including phenoxy) is 2. The molecule has 32 heavy (non-hydrogen) atoms. The van der Waals surface area contributed by atoms with E-state index in [-0.39, 0.29) is 24.1 Å². The third kappa shape index (κ3) is 5.19. The number of hydrogen-bond donors (Lipinski definition) is 1. The van der Waals surface area contributed by atoms with Crippen molar-refractivity contribution in [2.24, 2.45) is 0 Å². The largest absolute Gasteiger partial charge is 0.497 e. The van der Waals surface area contributed by atoms with Crippen LogP contribution in [0.4, 0.5) is 22.0 Å². The number of aliphatic carboxylic acids is 1. The van der Waals surface area contributed by atoms with Crippen molar-refractivity contribution in [3.05, 3.63) is 77.1 Å². The molecule has 10 heteroatoms. The second-order valence-electron chi connectivity index (χ2n) is 6.81. The molecule has 0 aliphatic heterocycles. The van der Waals surface area contributed by atoms with Crippen LogP contribution in [0, 0.1) is 11.6 Å². The zero-order valence-corrected chi connectivity index (χ0v) is 16.7. The van der Waals surface area contributed by atoms with E-state index in [0.717, 1.165) is 18.2 Å². The Morgan fingerprint density at radius 2 is 1.69 bits per heavy atom. The number of halogens is 5. The lowest BCUT2D eigenvalue weighted by Gasteiger charge is -2.16. The van der Waals surface area contributed by atoms with Gasteiger partial charge < -0.3 is 19.1 Å². The average molecular weight is 455 g/mol. The molecule has 0 radical (unpaired) electrons. The number of hydrogen-bond acceptors (Lipinski definition) is 3. The molecular formula is C22H18F5NO4. The van der Waals surface area contributed by atoms with Crippen molar-refractivity contribution in [1.82, 2.24) is 4.57 Å². The van der Waals surface area contributed by atoms with Crippen LogP contribution in [0.25, 0.3) is 5.69 Å². The molecule has 0 amide bonds. The number of rotatable bonds is 8. The molecule has 3 aromatic rings. The summed E-state index contributed by atoms with van der Waals surface area (Å²) in [5, 5.41) is 8.69. The number of methoxy groups -OCH3 is 1. The van der Waals surface area contributed by atoms with E-state index >= 15 is 0 Å². The Labute approximate surface area is 179 Å². The Morgan fingerprint density at radius 3 is 2.22 bits per heavy atom. The van der Waals surface area contributed by atoms with E-state index in [1.54, 1.807) is 12.1 Å². The maximum absolute atomic E-state index is 14.4. The van der Waals surface area contributed by atoms with Crippen molar-refractivity contribution >= 4 is 5.97 Å². The second-order valence-corrected chi connectivity index (χ2v) is 6.81. The van der Waals surface area contributed by atoms with E-state index in [9.17, 15) is 26.7 Å². The topological polar surface area (TPSA) is 60.7 Å². The third-order valence-corrected chi connectivity index (χ3v) is 4.69. The SMILES string of the molecule is COc1ccc(-n2ccc(C(F)(F)F)c2COc2c(F)cc(CCC(=O)O)cc2F)cc1. The van der Waals surface area contributed by atoms with E-state index in [1.165, 1.54) is 30.0 Å². The molecule has 0 atom stereocenters. The molecule has 1 N–H and O–H groups in total. The molecule has 0 saturated carbocycles. The molecule has 1 heterocycles. The number of nitrogens with zero attached hydrogens (tertiary/aromatic N) is 1. The number of carbonyl (C=O) groups is 1. The molecule has 0 aliphatic carbocycles. The molecule has 0 aliphatic rings. The van der Waals surface area contributed by atoms with Crippen molar-refractivity contribution in [3.8, 4) is 17.2 Å². The fourth-order valence-electron chi connectivity index (χ4n) is 3.14. The van der Waals surface area contributed by atoms with E-state index in [4.69, 9.17) is 14.6 Å². The summed E-state index contributed by atoms with van der Waals surface area (Å²) >= 11 is 0. The monoisotopic (exact) mass is 455 g/mol. The number of carboxylic acids is 1. The van der Waals surface area contributed by atoms with Crippen LogP contribution in [0.1, 0.15) is 23.2 Å². The highest BCUT2D eigenvalue weighted by Crippen LogP contribution is 2.35. The first-order valence-corrected chi connectivity index (χ1v) is 9.34. The van der Waals surface area contributed by atoms with Crippen LogP contribution in [0.3, 0.4) is 0 Å². The minimum atomic E-state index is -4.71. The summed E-state index contributed by atoms with van der Waals surface area (Å²) in [4.78, 5) is 10.6. The fourth-order valence-corrected chi connectivity index (χ4v) is 3.14. The van der Waals surface area contributed by atoms with Crippen LogP contribution < -0.4 is 9.47 Å². The quantitative estimate of drug-likeness (QED) is 0.464. The number of aryl methyl sites for hydroxylation is 1. The van der Waals surface area contributed by atoms with Crippen LogP contribution in [0.15, 0.2) is 48.7 Å². The summed E-state index contributed by atoms with van der Waals surface area (Å²) in [5.74, 6) is -3.75. The highest BCUT2D eigenvalue weighted by atomic mass is 19.4. The van der Waals surface area contributed by atoms with E-state index in [0.29, 0.717) is 11.4 Å². The standard InChI is InChI=1S/C22H18F5NO4/c1-31-15-5-3-14(4-6-15)28-9-8-16(22(25,26)27)19(28)12-32-21-17(23)10-13(11-18(21)24)2-7-20(29)30/h3-6,8-11H,2,7,12H2,1H3,(H,29,30). The lowest BCUT2D eigenvalue weighted by atomic mass is 10.1. The zero-order chi connectivity index (χ0) is 23.5. The summed E-state index contributed by atoms with van der Waals surface area (Å²) < 4.78 is 80.6. The summed E-state index contributed by atoms with van der Waals surface area (Å²) in [7, 11) is 1.45. The number of aromatic nitrogens is 1. The molecule has 5 nitrogen and oxygen atoms in total. The predicted molar refractivity (Wildman–Crippen MR) is 104 cm³/mol. The van der Waals surface area contributed by atoms with Gasteiger partial charge in [0.1, 0.15) is 12.4 Å². The average Bonchev–Trinajstić information content (AvgIpc) is 3.16. The van der Waals surface area contributed by atoms with Gasteiger partial charge in [-0.3, -0.25) is 4.79 Å². The van der Waals surface area contributed by atoms with Gasteiger partial charge in [0.15, 0.2) is 17.4 Å². The van der Waals surface area contributed by atoms with Crippen LogP contribution in [-0.4, -0.2) is 22.8 Å². The number of carboxylic acid groups (broad SMARTS) is 1. The normalized spacial score (nSPS) is 11.4. The molecule has 0 bridgehead atoms. The van der Waals surface area contributed by atoms with Gasteiger partial charge in [0.05, 0.1) is 18.4 Å². The summed E-state index contributed by atoms with van der Waals surface area (Å²) in [6.07, 6.45) is -3.97. The highest BCUT2D eigenvalue weighted by Gasteiger charge is 2.36. The van der Waals surface area contributed by atoms with Crippen molar-refractivity contribution in [1.29, 1.82) is 0 Å². The van der Waals surface area contributed by atoms with Crippen LogP contribution in [-0.2, 0) is 24.0 Å². The minimum absolute atomic E-state index is 0.0901. The second kappa shape index (κ2) is 9.29. The minimum Gasteiger partial charge on any atom is -0.497 e. The smallest absolute Gasteiger partial charge is 0.418 e. The van der Waals surface area contributed by atoms with Crippen molar-refractivity contribution in [2.75, 3.05) is 7.11 Å². The Kier molecular flexibility index (Phi) is 6.71. The highest BCUT2D eigenvalue weighted by molar-refractivity contribution is 5.67. The molecular weight excluding hydrogens is 437 g/mol. The number of benzene rings is 2. The maximum atomic E-state index is 14.4. The Bertz CT molecular complexity index is 1080. The van der Waals surface area contributed by atoms with Crippen LogP contribution in [0.2, 0.25) is 0 Å². The molecule has 3 rings (SSSR count). The maximum Gasteiger partial charge on any atom is 0.418 e. The molecule has 0 fully saturated rings. The molecule has 2 aromatic carbocycles. The van der Waals surface area contributed by atoms with E-state index in [2.05, 4.69) is 0 Å². The molecule has 170 valence electrons. The van der Waals surface area contributed by atoms with Gasteiger partial charge in [0, 0.05) is 18.3 Å². The van der Waals surface area contributed by atoms with Gasteiger partial charge in [0.25, 0.3) is 0 Å². The van der Waals surface area contributed by atoms with Crippen molar-refractivity contribution in [2.45, 2.75) is 25.6 Å². The first-order valence-electron chi connectivity index (χ1n) is 9.34. The van der Waals surface area contributed by atoms with Gasteiger partial charge in [-0.05, 0) is 54.4 Å². The zero-order valence-electron chi connectivity index (χ0n) is 16.7. The van der Waals surface area contributed by atoms with Gasteiger partial charge in [-0.2, -0.15) is 13.2 Å². The summed E-state index contributed by atoms with van der Waals surface area (Å²) in [6, 6.07) is 8.82. The Hall–Kier alpha value is -3.56. The van der Waals surface area contributed by atoms with Gasteiger partial charge in [0.2, 0.25) is 0 Å². The van der Waals surface area contributed by atoms with Crippen LogP contribution >= 0.6 is 0 Å². The summed E-state index contributed by atoms with van der Waals surface area (Å²) in [6.45, 7) is -0.768. The van der Waals surface area contributed by atoms with Gasteiger partial charge >= 0.3 is 12.1 Å². The molecule has 1 aromatic heterocycles. The first-order chi connectivity index (χ1) is 15.1. The lowest BCUT2D eigenvalue weighted by molar-refractivity contribution is -0.139. The molecule has 0 saturated heterocycles. The molecule has 0 spiro atoms. The Morgan fingerprint density at radius 1 is 1.06 bits per heavy atom. The lowest BCUT2D eigenvalue weighted by Crippen LogP contribution is -2.13. The first kappa shape index (κ1) is 23.1. The van der Waals surface area contributed by atoms with Gasteiger partial charge in [-0.1, -0.05) is 0 Å². The van der Waals surface area contributed by atoms with Gasteiger partial charge in [-0.15, -0.1) is 0 Å². The third-order valence-electron chi connectivity index (χ3n) is 4.69.